The van der Waals surface area contributed by atoms with Gasteiger partial charge in [0.15, 0.2) is 9.84 Å². The van der Waals surface area contributed by atoms with Crippen LogP contribution in [-0.4, -0.2) is 36.4 Å². The predicted molar refractivity (Wildman–Crippen MR) is 128 cm³/mol. The quantitative estimate of drug-likeness (QED) is 0.487. The van der Waals surface area contributed by atoms with Crippen LogP contribution in [0, 0.1) is 0 Å². The molecular weight excluding hydrogens is 471 g/mol. The van der Waals surface area contributed by atoms with E-state index in [1.54, 1.807) is 43.3 Å². The van der Waals surface area contributed by atoms with Crippen LogP contribution in [0.4, 0.5) is 5.69 Å². The van der Waals surface area contributed by atoms with E-state index in [0.29, 0.717) is 39.8 Å². The molecule has 1 aromatic heterocycles. The Labute approximate surface area is 197 Å². The fourth-order valence-corrected chi connectivity index (χ4v) is 4.68. The largest absolute Gasteiger partial charge is 0.393 e. The van der Waals surface area contributed by atoms with Gasteiger partial charge >= 0.3 is 0 Å². The second-order valence-electron chi connectivity index (χ2n) is 7.58. The van der Waals surface area contributed by atoms with Crippen molar-refractivity contribution in [3.05, 3.63) is 75.5 Å². The molecule has 3 aromatic rings. The Morgan fingerprint density at radius 3 is 2.31 bits per heavy atom. The molecule has 0 spiro atoms. The lowest BCUT2D eigenvalue weighted by atomic mass is 10.1. The monoisotopic (exact) mass is 494 g/mol. The number of carbonyl (C=O) groups excluding carboxylic acids is 1. The number of aliphatic hydroxyl groups excluding tert-OH is 1. The van der Waals surface area contributed by atoms with E-state index in [-0.39, 0.29) is 10.8 Å². The zero-order valence-corrected chi connectivity index (χ0v) is 20.2. The number of anilines is 1. The van der Waals surface area contributed by atoms with Crippen molar-refractivity contribution in [2.45, 2.75) is 37.7 Å². The van der Waals surface area contributed by atoms with Crippen molar-refractivity contribution in [3.8, 4) is 5.69 Å². The summed E-state index contributed by atoms with van der Waals surface area (Å²) in [5.41, 5.74) is 3.05. The zero-order valence-electron chi connectivity index (χ0n) is 17.9. The topological polar surface area (TPSA) is 88.4 Å². The minimum absolute atomic E-state index is 0.174. The normalized spacial score (nSPS) is 12.6. The summed E-state index contributed by atoms with van der Waals surface area (Å²) in [6.45, 7) is 3.61. The summed E-state index contributed by atoms with van der Waals surface area (Å²) in [7, 11) is -3.32. The maximum atomic E-state index is 13.1. The number of nitrogens with one attached hydrogen (secondary N) is 1. The van der Waals surface area contributed by atoms with E-state index in [2.05, 4.69) is 5.32 Å². The first kappa shape index (κ1) is 24.3. The molecule has 1 heterocycles. The first-order valence-corrected chi connectivity index (χ1v) is 12.6. The number of halogens is 2. The van der Waals surface area contributed by atoms with Gasteiger partial charge in [0, 0.05) is 34.8 Å². The highest BCUT2D eigenvalue weighted by molar-refractivity contribution is 7.90. The Hall–Kier alpha value is -2.32. The van der Waals surface area contributed by atoms with Crippen molar-refractivity contribution < 1.29 is 18.3 Å². The van der Waals surface area contributed by atoms with Gasteiger partial charge in [-0.25, -0.2) is 8.42 Å². The van der Waals surface area contributed by atoms with Gasteiger partial charge in [-0.15, -0.1) is 0 Å². The lowest BCUT2D eigenvalue weighted by Gasteiger charge is -2.16. The van der Waals surface area contributed by atoms with E-state index in [0.717, 1.165) is 17.6 Å². The maximum Gasteiger partial charge on any atom is 0.257 e. The summed E-state index contributed by atoms with van der Waals surface area (Å²) >= 11 is 12.5. The van der Waals surface area contributed by atoms with Gasteiger partial charge in [0.2, 0.25) is 0 Å². The van der Waals surface area contributed by atoms with Gasteiger partial charge in [-0.05, 0) is 61.9 Å². The molecule has 0 aliphatic carbocycles. The Kier molecular flexibility index (Phi) is 7.35. The van der Waals surface area contributed by atoms with Crippen molar-refractivity contribution >= 4 is 44.6 Å². The third kappa shape index (κ3) is 5.35. The highest BCUT2D eigenvalue weighted by atomic mass is 35.5. The van der Waals surface area contributed by atoms with Crippen molar-refractivity contribution in [1.29, 1.82) is 0 Å². The van der Waals surface area contributed by atoms with Crippen molar-refractivity contribution in [3.63, 3.8) is 0 Å². The molecule has 2 N–H and O–H groups in total. The molecule has 1 amide bonds. The van der Waals surface area contributed by atoms with Crippen LogP contribution >= 0.6 is 23.2 Å². The Morgan fingerprint density at radius 1 is 1.12 bits per heavy atom. The molecule has 9 heteroatoms. The Bertz CT molecular complexity index is 1250. The summed E-state index contributed by atoms with van der Waals surface area (Å²) in [6.07, 6.45) is 1.36. The van der Waals surface area contributed by atoms with E-state index in [1.165, 1.54) is 12.1 Å². The smallest absolute Gasteiger partial charge is 0.257 e. The highest BCUT2D eigenvalue weighted by Gasteiger charge is 2.22. The molecule has 32 heavy (non-hydrogen) atoms. The van der Waals surface area contributed by atoms with Crippen LogP contribution in [0.25, 0.3) is 5.69 Å². The summed E-state index contributed by atoms with van der Waals surface area (Å²) < 4.78 is 25.2. The second-order valence-corrected chi connectivity index (χ2v) is 10.4. The average Bonchev–Trinajstić information content (AvgIpc) is 3.05. The van der Waals surface area contributed by atoms with E-state index in [4.69, 9.17) is 23.2 Å². The Morgan fingerprint density at radius 2 is 1.78 bits per heavy atom. The number of hydrogen-bond donors (Lipinski definition) is 2. The van der Waals surface area contributed by atoms with Crippen LogP contribution in [0.1, 0.15) is 35.6 Å². The molecule has 0 bridgehead atoms. The predicted octanol–water partition coefficient (Wildman–Crippen LogP) is 4.93. The minimum Gasteiger partial charge on any atom is -0.393 e. The van der Waals surface area contributed by atoms with Crippen LogP contribution < -0.4 is 5.32 Å². The molecule has 0 aliphatic rings. The summed E-state index contributed by atoms with van der Waals surface area (Å²) in [5, 5.41) is 13.8. The number of hydrogen-bond acceptors (Lipinski definition) is 4. The molecule has 6 nitrogen and oxygen atoms in total. The standard InChI is InChI=1S/C23H24Cl2N2O4S/c1-4-21-19(23(29)26-16-6-8-18(9-7-16)32(3,30)31)13-17(11-14(2)28)27(21)22-10-5-15(24)12-20(22)25/h5-10,12-14,28H,4,11H2,1-3H3,(H,26,29)/t14-/m0/s1. The first-order chi connectivity index (χ1) is 15.0. The van der Waals surface area contributed by atoms with Gasteiger partial charge in [0.05, 0.1) is 27.3 Å². The number of sulfone groups is 1. The second kappa shape index (κ2) is 9.67. The van der Waals surface area contributed by atoms with Gasteiger partial charge in [-0.3, -0.25) is 4.79 Å². The first-order valence-electron chi connectivity index (χ1n) is 9.99. The van der Waals surface area contributed by atoms with E-state index in [9.17, 15) is 18.3 Å². The fourth-order valence-electron chi connectivity index (χ4n) is 3.55. The van der Waals surface area contributed by atoms with Crippen LogP contribution in [-0.2, 0) is 22.7 Å². The number of benzene rings is 2. The van der Waals surface area contributed by atoms with Gasteiger partial charge in [0.1, 0.15) is 0 Å². The third-order valence-corrected chi connectivity index (χ3v) is 6.62. The molecular formula is C23H24Cl2N2O4S. The molecule has 0 aliphatic heterocycles. The molecule has 1 atom stereocenters. The van der Waals surface area contributed by atoms with Gasteiger partial charge in [0.25, 0.3) is 5.91 Å². The van der Waals surface area contributed by atoms with Crippen molar-refractivity contribution in [2.24, 2.45) is 0 Å². The van der Waals surface area contributed by atoms with E-state index in [1.807, 2.05) is 11.5 Å². The Balaban J connectivity index is 2.04. The molecule has 2 aromatic carbocycles. The number of aliphatic hydroxyl groups is 1. The summed E-state index contributed by atoms with van der Waals surface area (Å²) in [4.78, 5) is 13.3. The summed E-state index contributed by atoms with van der Waals surface area (Å²) in [6, 6.07) is 12.9. The van der Waals surface area contributed by atoms with Gasteiger partial charge in [-0.1, -0.05) is 30.1 Å². The molecule has 0 unspecified atom stereocenters. The van der Waals surface area contributed by atoms with Gasteiger partial charge < -0.3 is 15.0 Å². The number of aromatic nitrogens is 1. The van der Waals surface area contributed by atoms with Crippen LogP contribution in [0.5, 0.6) is 0 Å². The lowest BCUT2D eigenvalue weighted by Crippen LogP contribution is -2.15. The van der Waals surface area contributed by atoms with Gasteiger partial charge in [-0.2, -0.15) is 0 Å². The zero-order chi connectivity index (χ0) is 23.6. The highest BCUT2D eigenvalue weighted by Crippen LogP contribution is 2.31. The van der Waals surface area contributed by atoms with Crippen LogP contribution in [0.15, 0.2) is 53.4 Å². The molecule has 0 saturated heterocycles. The third-order valence-electron chi connectivity index (χ3n) is 4.95. The van der Waals surface area contributed by atoms with Crippen LogP contribution in [0.2, 0.25) is 10.0 Å². The van der Waals surface area contributed by atoms with Crippen molar-refractivity contribution in [2.75, 3.05) is 11.6 Å². The van der Waals surface area contributed by atoms with Crippen LogP contribution in [0.3, 0.4) is 0 Å². The minimum atomic E-state index is -3.32. The maximum absolute atomic E-state index is 13.1. The summed E-state index contributed by atoms with van der Waals surface area (Å²) in [5.74, 6) is -0.343. The molecule has 3 rings (SSSR count). The molecule has 0 saturated carbocycles. The van der Waals surface area contributed by atoms with E-state index >= 15 is 0 Å². The molecule has 0 radical (unpaired) electrons. The molecule has 0 fully saturated rings. The van der Waals surface area contributed by atoms with E-state index < -0.39 is 15.9 Å². The number of nitrogens with zero attached hydrogens (tertiary/aromatic N) is 1. The van der Waals surface area contributed by atoms with Crippen molar-refractivity contribution in [1.82, 2.24) is 4.57 Å². The average molecular weight is 495 g/mol. The number of carbonyl (C=O) groups is 1. The number of rotatable bonds is 7. The number of amides is 1. The fraction of sp³-hybridized carbons (Fsp3) is 0.261. The SMILES string of the molecule is CCc1c(C(=O)Nc2ccc(S(C)(=O)=O)cc2)cc(C[C@H](C)O)n1-c1ccc(Cl)cc1Cl. The lowest BCUT2D eigenvalue weighted by molar-refractivity contribution is 0.102. The molecule has 170 valence electrons.